The van der Waals surface area contributed by atoms with Crippen molar-refractivity contribution in [3.8, 4) is 0 Å². The first-order valence-electron chi connectivity index (χ1n) is 10.9. The van der Waals surface area contributed by atoms with Gasteiger partial charge in [-0.05, 0) is 30.0 Å². The van der Waals surface area contributed by atoms with Crippen molar-refractivity contribution in [3.63, 3.8) is 0 Å². The van der Waals surface area contributed by atoms with E-state index in [9.17, 15) is 0 Å². The molecule has 0 fully saturated rings. The Morgan fingerprint density at radius 2 is 2.03 bits per heavy atom. The molecule has 1 aliphatic rings. The zero-order valence-electron chi connectivity index (χ0n) is 19.1. The van der Waals surface area contributed by atoms with Crippen LogP contribution in [0.25, 0.3) is 0 Å². The minimum Gasteiger partial charge on any atom is -0.368 e. The molecule has 0 aliphatic heterocycles. The highest BCUT2D eigenvalue weighted by Crippen LogP contribution is 2.10. The van der Waals surface area contributed by atoms with Gasteiger partial charge >= 0.3 is 0 Å². The molecule has 1 unspecified atom stereocenters. The maximum atomic E-state index is 4.75. The highest BCUT2D eigenvalue weighted by Gasteiger charge is 2.03. The first-order chi connectivity index (χ1) is 15.2. The minimum atomic E-state index is 0.392. The van der Waals surface area contributed by atoms with Gasteiger partial charge in [-0.1, -0.05) is 63.3 Å². The predicted molar refractivity (Wildman–Crippen MR) is 129 cm³/mol. The summed E-state index contributed by atoms with van der Waals surface area (Å²) in [6.07, 6.45) is 22.1. The van der Waals surface area contributed by atoms with Crippen molar-refractivity contribution in [3.05, 3.63) is 90.0 Å². The Labute approximate surface area is 185 Å². The molecule has 1 N–H and O–H groups in total. The standard InChI is InChI=1S/C23H28N6.C2H6/c1-19-7-5-3-4-6-8-20(10-9-19)18-29-23(24-2)12-11-22(28-29)27-14-13-21-17-25-15-16-26-21;1-2/h3-5,7-12,15-17,19H,6,13-14,18H2,1-2H3,(H,27,28);1-2H3/b4-3-,7-5-,10-9-,20-8+,24-23?;. The van der Waals surface area contributed by atoms with Crippen LogP contribution in [0.2, 0.25) is 0 Å². The normalized spacial score (nSPS) is 21.1. The predicted octanol–water partition coefficient (Wildman–Crippen LogP) is 4.52. The van der Waals surface area contributed by atoms with Crippen LogP contribution in [-0.2, 0) is 13.0 Å². The summed E-state index contributed by atoms with van der Waals surface area (Å²) >= 11 is 0. The van der Waals surface area contributed by atoms with E-state index in [4.69, 9.17) is 5.10 Å². The Kier molecular flexibility index (Phi) is 10.7. The lowest BCUT2D eigenvalue weighted by atomic mass is 10.1. The molecule has 0 aromatic carbocycles. The van der Waals surface area contributed by atoms with Crippen LogP contribution in [-0.4, -0.2) is 33.3 Å². The third-order valence-electron chi connectivity index (χ3n) is 4.54. The molecule has 0 saturated heterocycles. The Hall–Kier alpha value is -3.28. The molecule has 1 aliphatic carbocycles. The molecule has 164 valence electrons. The topological polar surface area (TPSA) is 68.0 Å². The number of rotatable bonds is 6. The van der Waals surface area contributed by atoms with Crippen molar-refractivity contribution >= 4 is 5.82 Å². The third kappa shape index (κ3) is 8.54. The van der Waals surface area contributed by atoms with E-state index >= 15 is 0 Å². The summed E-state index contributed by atoms with van der Waals surface area (Å²) in [5.41, 5.74) is 3.02. The van der Waals surface area contributed by atoms with Gasteiger partial charge in [0.1, 0.15) is 11.3 Å². The van der Waals surface area contributed by atoms with E-state index in [-0.39, 0.29) is 0 Å². The molecule has 31 heavy (non-hydrogen) atoms. The largest absolute Gasteiger partial charge is 0.368 e. The van der Waals surface area contributed by atoms with Gasteiger partial charge in [0.25, 0.3) is 0 Å². The highest BCUT2D eigenvalue weighted by atomic mass is 15.3. The molecule has 3 rings (SSSR count). The molecule has 0 radical (unpaired) electrons. The van der Waals surface area contributed by atoms with E-state index in [1.807, 2.05) is 30.7 Å². The SMILES string of the molecule is CC.CN=c1ccc(NCCc2cnccn2)nn1CC1=C/C/C=C\C=C/C(C)/C=C\1. The quantitative estimate of drug-likeness (QED) is 0.749. The second kappa shape index (κ2) is 13.9. The lowest BCUT2D eigenvalue weighted by molar-refractivity contribution is 0.625. The number of nitrogens with one attached hydrogen (secondary N) is 1. The third-order valence-corrected chi connectivity index (χ3v) is 4.54. The number of anilines is 1. The van der Waals surface area contributed by atoms with Crippen LogP contribution in [0.1, 0.15) is 32.9 Å². The number of aromatic nitrogens is 4. The Balaban J connectivity index is 0.00000166. The Bertz CT molecular complexity index is 967. The fourth-order valence-electron chi connectivity index (χ4n) is 2.95. The molecule has 2 aromatic heterocycles. The first-order valence-corrected chi connectivity index (χ1v) is 10.9. The molecule has 6 nitrogen and oxygen atoms in total. The molecule has 0 amide bonds. The van der Waals surface area contributed by atoms with Crippen LogP contribution in [0.15, 0.2) is 83.8 Å². The molecule has 6 heteroatoms. The van der Waals surface area contributed by atoms with Gasteiger partial charge in [-0.25, -0.2) is 4.68 Å². The average Bonchev–Trinajstić information content (AvgIpc) is 2.81. The summed E-state index contributed by atoms with van der Waals surface area (Å²) < 4.78 is 1.94. The van der Waals surface area contributed by atoms with Crippen molar-refractivity contribution < 1.29 is 0 Å². The fourth-order valence-corrected chi connectivity index (χ4v) is 2.95. The smallest absolute Gasteiger partial charge is 0.146 e. The van der Waals surface area contributed by atoms with E-state index in [0.29, 0.717) is 12.5 Å². The van der Waals surface area contributed by atoms with Gasteiger partial charge in [-0.15, -0.1) is 0 Å². The molecule has 0 saturated carbocycles. The minimum absolute atomic E-state index is 0.392. The summed E-state index contributed by atoms with van der Waals surface area (Å²) in [6, 6.07) is 3.95. The molecule has 0 bridgehead atoms. The van der Waals surface area contributed by atoms with E-state index in [2.05, 4.69) is 69.7 Å². The molecule has 0 spiro atoms. The molecule has 1 atom stereocenters. The van der Waals surface area contributed by atoms with E-state index in [1.54, 1.807) is 25.6 Å². The van der Waals surface area contributed by atoms with Crippen molar-refractivity contribution in [2.24, 2.45) is 10.9 Å². The van der Waals surface area contributed by atoms with Crippen molar-refractivity contribution in [1.82, 2.24) is 19.7 Å². The zero-order valence-corrected chi connectivity index (χ0v) is 19.1. The number of allylic oxidation sites excluding steroid dienone is 8. The summed E-state index contributed by atoms with van der Waals surface area (Å²) in [7, 11) is 1.79. The summed E-state index contributed by atoms with van der Waals surface area (Å²) in [5, 5.41) is 8.12. The average molecular weight is 419 g/mol. The van der Waals surface area contributed by atoms with Crippen LogP contribution < -0.4 is 10.8 Å². The monoisotopic (exact) mass is 418 g/mol. The van der Waals surface area contributed by atoms with E-state index in [1.165, 1.54) is 5.57 Å². The van der Waals surface area contributed by atoms with E-state index in [0.717, 1.165) is 36.4 Å². The summed E-state index contributed by atoms with van der Waals surface area (Å²) in [5.74, 6) is 1.21. The second-order valence-corrected chi connectivity index (χ2v) is 6.88. The maximum Gasteiger partial charge on any atom is 0.146 e. The number of hydrogen-bond acceptors (Lipinski definition) is 5. The molecular weight excluding hydrogens is 384 g/mol. The first kappa shape index (κ1) is 24.0. The van der Waals surface area contributed by atoms with Crippen LogP contribution in [0, 0.1) is 5.92 Å². The van der Waals surface area contributed by atoms with Crippen molar-refractivity contribution in [2.45, 2.75) is 40.2 Å². The lowest BCUT2D eigenvalue weighted by Gasteiger charge is -2.12. The van der Waals surface area contributed by atoms with Crippen LogP contribution in [0.3, 0.4) is 0 Å². The summed E-state index contributed by atoms with van der Waals surface area (Å²) in [4.78, 5) is 12.8. The Morgan fingerprint density at radius 1 is 1.16 bits per heavy atom. The second-order valence-electron chi connectivity index (χ2n) is 6.88. The van der Waals surface area contributed by atoms with Crippen LogP contribution in [0.4, 0.5) is 5.82 Å². The van der Waals surface area contributed by atoms with Gasteiger partial charge in [0, 0.05) is 38.6 Å². The highest BCUT2D eigenvalue weighted by molar-refractivity contribution is 5.32. The zero-order chi connectivity index (χ0) is 22.3. The number of hydrogen-bond donors (Lipinski definition) is 1. The van der Waals surface area contributed by atoms with Crippen molar-refractivity contribution in [2.75, 3.05) is 18.9 Å². The van der Waals surface area contributed by atoms with Gasteiger partial charge in [0.05, 0.1) is 12.2 Å². The van der Waals surface area contributed by atoms with E-state index < -0.39 is 0 Å². The van der Waals surface area contributed by atoms with Crippen molar-refractivity contribution in [1.29, 1.82) is 0 Å². The maximum absolute atomic E-state index is 4.75. The lowest BCUT2D eigenvalue weighted by Crippen LogP contribution is -2.25. The molecular formula is C25H34N6. The van der Waals surface area contributed by atoms with Gasteiger partial charge in [0.2, 0.25) is 0 Å². The molecule has 2 aromatic rings. The van der Waals surface area contributed by atoms with Crippen LogP contribution in [0.5, 0.6) is 0 Å². The van der Waals surface area contributed by atoms with Gasteiger partial charge < -0.3 is 5.32 Å². The number of nitrogens with zero attached hydrogens (tertiary/aromatic N) is 5. The van der Waals surface area contributed by atoms with Crippen LogP contribution >= 0.6 is 0 Å². The Morgan fingerprint density at radius 3 is 2.81 bits per heavy atom. The molecule has 2 heterocycles. The summed E-state index contributed by atoms with van der Waals surface area (Å²) in [6.45, 7) is 7.60. The fraction of sp³-hybridized carbons (Fsp3) is 0.360. The van der Waals surface area contributed by atoms with Gasteiger partial charge in [-0.3, -0.25) is 15.0 Å². The van der Waals surface area contributed by atoms with Gasteiger partial charge in [-0.2, -0.15) is 5.10 Å². The van der Waals surface area contributed by atoms with Gasteiger partial charge in [0.15, 0.2) is 0 Å².